The number of benzene rings is 2. The van der Waals surface area contributed by atoms with Gasteiger partial charge in [-0.2, -0.15) is 0 Å². The molecule has 2 fully saturated rings. The van der Waals surface area contributed by atoms with Gasteiger partial charge in [0.2, 0.25) is 0 Å². The first-order valence-corrected chi connectivity index (χ1v) is 13.1. The van der Waals surface area contributed by atoms with Crippen molar-refractivity contribution in [2.45, 2.75) is 32.2 Å². The maximum Gasteiger partial charge on any atom is 0.258 e. The Labute approximate surface area is 229 Å². The number of halogens is 4. The molecule has 3 N–H and O–H groups in total. The lowest BCUT2D eigenvalue weighted by molar-refractivity contribution is -0.119. The lowest BCUT2D eigenvalue weighted by Gasteiger charge is -2.37. The predicted octanol–water partition coefficient (Wildman–Crippen LogP) is 4.90. The first-order valence-electron chi connectivity index (χ1n) is 13.1. The lowest BCUT2D eigenvalue weighted by Crippen LogP contribution is -2.46. The molecule has 1 amide bonds. The van der Waals surface area contributed by atoms with Gasteiger partial charge in [0.1, 0.15) is 29.1 Å². The maximum absolute atomic E-state index is 15.7. The second kappa shape index (κ2) is 11.2. The van der Waals surface area contributed by atoms with E-state index in [0.29, 0.717) is 30.4 Å². The van der Waals surface area contributed by atoms with E-state index < -0.39 is 45.9 Å². The number of hydrogen-bond donors (Lipinski definition) is 2. The second-order valence-electron chi connectivity index (χ2n) is 10.4. The van der Waals surface area contributed by atoms with E-state index in [0.717, 1.165) is 30.7 Å². The number of hydrogen-bond acceptors (Lipinski definition) is 6. The Hall–Kier alpha value is -3.99. The quantitative estimate of drug-likeness (QED) is 0.436. The summed E-state index contributed by atoms with van der Waals surface area (Å²) in [5, 5.41) is 2.61. The largest absolute Gasteiger partial charge is 0.370 e. The normalized spacial score (nSPS) is 19.6. The van der Waals surface area contributed by atoms with Crippen molar-refractivity contribution >= 4 is 28.8 Å². The lowest BCUT2D eigenvalue weighted by atomic mass is 9.96. The molecule has 0 spiro atoms. The van der Waals surface area contributed by atoms with Gasteiger partial charge in [-0.3, -0.25) is 14.6 Å². The van der Waals surface area contributed by atoms with Gasteiger partial charge in [0.15, 0.2) is 0 Å². The molecule has 3 aromatic rings. The number of aromatic nitrogens is 1. The Balaban J connectivity index is 1.45. The van der Waals surface area contributed by atoms with E-state index in [1.54, 1.807) is 17.2 Å². The molecule has 5 rings (SSSR count). The summed E-state index contributed by atoms with van der Waals surface area (Å²) in [7, 11) is 0. The van der Waals surface area contributed by atoms with E-state index in [1.165, 1.54) is 6.20 Å². The number of piperidine rings is 2. The summed E-state index contributed by atoms with van der Waals surface area (Å²) in [4.78, 5) is 32.4. The molecule has 2 aliphatic heterocycles. The third-order valence-electron chi connectivity index (χ3n) is 7.38. The van der Waals surface area contributed by atoms with Crippen LogP contribution in [0.5, 0.6) is 0 Å². The zero-order valence-corrected chi connectivity index (χ0v) is 21.9. The summed E-state index contributed by atoms with van der Waals surface area (Å²) >= 11 is 0. The van der Waals surface area contributed by atoms with Crippen LogP contribution in [0.25, 0.3) is 11.1 Å². The minimum absolute atomic E-state index is 0.0560. The SMILES string of the molecule is C[C@@H]1C[C@H](N)CN(c2ccncc2NC(=O)c2ccc(F)c(-c3c(F)cc(N4CCC(=O)CC4)cc3F)c2F)C1. The average molecular weight is 556 g/mol. The van der Waals surface area contributed by atoms with E-state index in [-0.39, 0.29) is 43.4 Å². The summed E-state index contributed by atoms with van der Waals surface area (Å²) in [6.45, 7) is 3.88. The average Bonchev–Trinajstić information content (AvgIpc) is 2.90. The summed E-state index contributed by atoms with van der Waals surface area (Å²) < 4.78 is 60.9. The van der Waals surface area contributed by atoms with Crippen LogP contribution in [-0.4, -0.2) is 48.9 Å². The molecule has 0 radical (unpaired) electrons. The highest BCUT2D eigenvalue weighted by atomic mass is 19.1. The molecule has 40 heavy (non-hydrogen) atoms. The number of carbonyl (C=O) groups excluding carboxylic acids is 2. The van der Waals surface area contributed by atoms with Crippen LogP contribution in [-0.2, 0) is 4.79 Å². The smallest absolute Gasteiger partial charge is 0.258 e. The van der Waals surface area contributed by atoms with E-state index in [1.807, 2.05) is 4.90 Å². The zero-order valence-electron chi connectivity index (χ0n) is 21.9. The summed E-state index contributed by atoms with van der Waals surface area (Å²) in [5.74, 6) is -5.56. The van der Waals surface area contributed by atoms with Crippen LogP contribution in [0.3, 0.4) is 0 Å². The standard InChI is InChI=1S/C29H29F4N5O2/c1-16-10-17(34)15-38(14-16)25-4-7-35-13-24(25)36-29(40)20-2-3-21(30)27(28(20)33)26-22(31)11-18(12-23(26)32)37-8-5-19(39)6-9-37/h2-4,7,11-13,16-17H,5-6,8-10,14-15,34H2,1H3,(H,36,40)/t16-,17+/m1/s1. The van der Waals surface area contributed by atoms with Gasteiger partial charge in [-0.15, -0.1) is 0 Å². The van der Waals surface area contributed by atoms with E-state index >= 15 is 13.2 Å². The van der Waals surface area contributed by atoms with E-state index in [9.17, 15) is 14.0 Å². The zero-order chi connectivity index (χ0) is 28.6. The van der Waals surface area contributed by atoms with Crippen LogP contribution in [0.15, 0.2) is 42.7 Å². The van der Waals surface area contributed by atoms with Crippen molar-refractivity contribution in [2.75, 3.05) is 41.3 Å². The molecule has 2 aromatic carbocycles. The molecule has 1 aromatic heterocycles. The number of Topliss-reactive ketones (excluding diaryl/α,β-unsaturated/α-hetero) is 1. The van der Waals surface area contributed by atoms with Crippen molar-refractivity contribution < 1.29 is 27.2 Å². The van der Waals surface area contributed by atoms with Gasteiger partial charge < -0.3 is 20.9 Å². The number of amides is 1. The highest BCUT2D eigenvalue weighted by Gasteiger charge is 2.28. The molecule has 0 saturated carbocycles. The molecule has 11 heteroatoms. The number of nitrogens with two attached hydrogens (primary N) is 1. The number of nitrogens with one attached hydrogen (secondary N) is 1. The van der Waals surface area contributed by atoms with Crippen molar-refractivity contribution in [2.24, 2.45) is 11.7 Å². The van der Waals surface area contributed by atoms with Crippen molar-refractivity contribution in [3.63, 3.8) is 0 Å². The van der Waals surface area contributed by atoms with E-state index in [4.69, 9.17) is 5.73 Å². The number of pyridine rings is 1. The first-order chi connectivity index (χ1) is 19.1. The van der Waals surface area contributed by atoms with Crippen LogP contribution in [0, 0.1) is 29.2 Å². The Bertz CT molecular complexity index is 1420. The number of ketones is 1. The van der Waals surface area contributed by atoms with Gasteiger partial charge in [-0.1, -0.05) is 6.92 Å². The van der Waals surface area contributed by atoms with Gasteiger partial charge in [0.05, 0.1) is 34.3 Å². The molecule has 3 heterocycles. The van der Waals surface area contributed by atoms with Crippen LogP contribution < -0.4 is 20.9 Å². The number of carbonyl (C=O) groups is 2. The molecule has 210 valence electrons. The third kappa shape index (κ3) is 5.51. The fourth-order valence-electron chi connectivity index (χ4n) is 5.50. The summed E-state index contributed by atoms with van der Waals surface area (Å²) in [6, 6.07) is 5.32. The monoisotopic (exact) mass is 555 g/mol. The van der Waals surface area contributed by atoms with Gasteiger partial charge in [0, 0.05) is 56.9 Å². The Morgan fingerprint density at radius 2 is 1.68 bits per heavy atom. The van der Waals surface area contributed by atoms with Gasteiger partial charge >= 0.3 is 0 Å². The summed E-state index contributed by atoms with van der Waals surface area (Å²) in [6.07, 6.45) is 4.32. The maximum atomic E-state index is 15.7. The van der Waals surface area contributed by atoms with Crippen LogP contribution >= 0.6 is 0 Å². The van der Waals surface area contributed by atoms with E-state index in [2.05, 4.69) is 17.2 Å². The Morgan fingerprint density at radius 1 is 0.975 bits per heavy atom. The van der Waals surface area contributed by atoms with Crippen LogP contribution in [0.4, 0.5) is 34.6 Å². The van der Waals surface area contributed by atoms with Crippen LogP contribution in [0.1, 0.15) is 36.5 Å². The second-order valence-corrected chi connectivity index (χ2v) is 10.4. The van der Waals surface area contributed by atoms with Crippen molar-refractivity contribution in [1.29, 1.82) is 0 Å². The molecule has 0 bridgehead atoms. The highest BCUT2D eigenvalue weighted by Crippen LogP contribution is 2.36. The number of anilines is 3. The van der Waals surface area contributed by atoms with Crippen molar-refractivity contribution in [3.8, 4) is 11.1 Å². The molecule has 2 aliphatic rings. The highest BCUT2D eigenvalue weighted by molar-refractivity contribution is 6.06. The van der Waals surface area contributed by atoms with Gasteiger partial charge in [0.25, 0.3) is 5.91 Å². The van der Waals surface area contributed by atoms with Gasteiger partial charge in [-0.05, 0) is 42.7 Å². The molecule has 2 atom stereocenters. The van der Waals surface area contributed by atoms with Gasteiger partial charge in [-0.25, -0.2) is 17.6 Å². The minimum Gasteiger partial charge on any atom is -0.370 e. The first kappa shape index (κ1) is 27.6. The Morgan fingerprint density at radius 3 is 2.35 bits per heavy atom. The molecule has 7 nitrogen and oxygen atoms in total. The number of rotatable bonds is 5. The summed E-state index contributed by atoms with van der Waals surface area (Å²) in [5.41, 5.74) is 4.78. The minimum atomic E-state index is -1.40. The predicted molar refractivity (Wildman–Crippen MR) is 144 cm³/mol. The Kier molecular flexibility index (Phi) is 7.75. The molecule has 0 aliphatic carbocycles. The number of nitrogens with zero attached hydrogens (tertiary/aromatic N) is 3. The van der Waals surface area contributed by atoms with Crippen molar-refractivity contribution in [1.82, 2.24) is 4.98 Å². The fourth-order valence-corrected chi connectivity index (χ4v) is 5.50. The van der Waals surface area contributed by atoms with Crippen molar-refractivity contribution in [3.05, 3.63) is 71.6 Å². The topological polar surface area (TPSA) is 91.6 Å². The molecule has 2 saturated heterocycles. The third-order valence-corrected chi connectivity index (χ3v) is 7.38. The molecular weight excluding hydrogens is 526 g/mol. The van der Waals surface area contributed by atoms with Crippen LogP contribution in [0.2, 0.25) is 0 Å². The molecular formula is C29H29F4N5O2. The molecule has 0 unspecified atom stereocenters. The fraction of sp³-hybridized carbons (Fsp3) is 0.345.